The quantitative estimate of drug-likeness (QED) is 0.870. The molecule has 0 aliphatic carbocycles. The normalized spacial score (nSPS) is 10.6. The van der Waals surface area contributed by atoms with Crippen LogP contribution in [0.1, 0.15) is 16.7 Å². The highest BCUT2D eigenvalue weighted by Crippen LogP contribution is 2.13. The van der Waals surface area contributed by atoms with Crippen molar-refractivity contribution >= 4 is 17.8 Å². The third-order valence-corrected chi connectivity index (χ3v) is 2.82. The first-order chi connectivity index (χ1) is 10.0. The molecule has 0 saturated carbocycles. The van der Waals surface area contributed by atoms with Gasteiger partial charge >= 0.3 is 6.03 Å². The third-order valence-electron chi connectivity index (χ3n) is 2.82. The van der Waals surface area contributed by atoms with Crippen LogP contribution in [0.3, 0.4) is 0 Å². The van der Waals surface area contributed by atoms with Crippen molar-refractivity contribution in [3.8, 4) is 0 Å². The van der Waals surface area contributed by atoms with Crippen LogP contribution < -0.4 is 10.6 Å². The van der Waals surface area contributed by atoms with Crippen molar-refractivity contribution in [1.82, 2.24) is 5.32 Å². The summed E-state index contributed by atoms with van der Waals surface area (Å²) in [6, 6.07) is 11.6. The number of halogens is 1. The average Bonchev–Trinajstić information content (AvgIpc) is 2.37. The predicted octanol–water partition coefficient (Wildman–Crippen LogP) is 4.23. The molecule has 0 heterocycles. The molecule has 0 spiro atoms. The van der Waals surface area contributed by atoms with Crippen molar-refractivity contribution in [3.05, 3.63) is 71.2 Å². The zero-order chi connectivity index (χ0) is 15.2. The maximum absolute atomic E-state index is 13.0. The molecule has 2 N–H and O–H groups in total. The molecule has 0 radical (unpaired) electrons. The van der Waals surface area contributed by atoms with E-state index in [-0.39, 0.29) is 11.8 Å². The lowest BCUT2D eigenvalue weighted by molar-refractivity contribution is 0.255. The summed E-state index contributed by atoms with van der Waals surface area (Å²) in [6.07, 6.45) is 3.11. The highest BCUT2D eigenvalue weighted by Gasteiger charge is 2.00. The number of rotatable bonds is 3. The molecule has 2 aromatic carbocycles. The molecular formula is C17H17FN2O. The Morgan fingerprint density at radius 2 is 1.81 bits per heavy atom. The van der Waals surface area contributed by atoms with Gasteiger partial charge in [-0.15, -0.1) is 0 Å². The van der Waals surface area contributed by atoms with E-state index in [2.05, 4.69) is 10.6 Å². The predicted molar refractivity (Wildman–Crippen MR) is 83.5 cm³/mol. The van der Waals surface area contributed by atoms with Gasteiger partial charge in [-0.3, -0.25) is 0 Å². The van der Waals surface area contributed by atoms with E-state index in [9.17, 15) is 9.18 Å². The van der Waals surface area contributed by atoms with Gasteiger partial charge in [0.2, 0.25) is 0 Å². The Morgan fingerprint density at radius 3 is 2.48 bits per heavy atom. The molecule has 2 amide bonds. The Morgan fingerprint density at radius 1 is 1.10 bits per heavy atom. The summed E-state index contributed by atoms with van der Waals surface area (Å²) in [4.78, 5) is 11.7. The number of carbonyl (C=O) groups is 1. The maximum atomic E-state index is 13.0. The van der Waals surface area contributed by atoms with E-state index in [4.69, 9.17) is 0 Å². The zero-order valence-electron chi connectivity index (χ0n) is 12.0. The van der Waals surface area contributed by atoms with E-state index in [0.29, 0.717) is 5.56 Å². The number of aryl methyl sites for hydroxylation is 2. The van der Waals surface area contributed by atoms with Gasteiger partial charge in [-0.1, -0.05) is 18.2 Å². The molecule has 108 valence electrons. The van der Waals surface area contributed by atoms with Gasteiger partial charge in [0.25, 0.3) is 0 Å². The number of hydrogen-bond donors (Lipinski definition) is 2. The molecule has 2 rings (SSSR count). The molecule has 2 aromatic rings. The van der Waals surface area contributed by atoms with E-state index in [1.54, 1.807) is 18.2 Å². The number of amides is 2. The van der Waals surface area contributed by atoms with Crippen LogP contribution in [0.15, 0.2) is 48.7 Å². The third kappa shape index (κ3) is 4.76. The van der Waals surface area contributed by atoms with Gasteiger partial charge in [-0.2, -0.15) is 0 Å². The van der Waals surface area contributed by atoms with Crippen molar-refractivity contribution in [3.63, 3.8) is 0 Å². The topological polar surface area (TPSA) is 41.1 Å². The highest BCUT2D eigenvalue weighted by molar-refractivity contribution is 5.90. The Labute approximate surface area is 123 Å². The summed E-state index contributed by atoms with van der Waals surface area (Å²) in [6.45, 7) is 3.94. The largest absolute Gasteiger partial charge is 0.323 e. The lowest BCUT2D eigenvalue weighted by Crippen LogP contribution is -2.23. The molecule has 21 heavy (non-hydrogen) atoms. The summed E-state index contributed by atoms with van der Waals surface area (Å²) < 4.78 is 13.0. The number of carbonyl (C=O) groups excluding carboxylic acids is 1. The van der Waals surface area contributed by atoms with Gasteiger partial charge in [-0.05, 0) is 60.9 Å². The Balaban J connectivity index is 1.93. The fourth-order valence-corrected chi connectivity index (χ4v) is 2.04. The molecule has 0 aromatic heterocycles. The lowest BCUT2D eigenvalue weighted by atomic mass is 10.1. The molecular weight excluding hydrogens is 267 g/mol. The molecule has 0 unspecified atom stereocenters. The minimum absolute atomic E-state index is 0.308. The monoisotopic (exact) mass is 284 g/mol. The first kappa shape index (κ1) is 14.8. The minimum atomic E-state index is -0.340. The molecule has 0 saturated heterocycles. The average molecular weight is 284 g/mol. The molecule has 3 nitrogen and oxygen atoms in total. The van der Waals surface area contributed by atoms with Crippen molar-refractivity contribution in [2.45, 2.75) is 13.8 Å². The van der Waals surface area contributed by atoms with E-state index in [1.165, 1.54) is 18.3 Å². The van der Waals surface area contributed by atoms with Crippen molar-refractivity contribution in [2.75, 3.05) is 5.32 Å². The molecule has 0 aliphatic heterocycles. The first-order valence-corrected chi connectivity index (χ1v) is 6.61. The number of anilines is 1. The second kappa shape index (κ2) is 6.70. The molecule has 0 fully saturated rings. The van der Waals surface area contributed by atoms with Crippen molar-refractivity contribution in [1.29, 1.82) is 0 Å². The summed E-state index contributed by atoms with van der Waals surface area (Å²) in [7, 11) is 0. The van der Waals surface area contributed by atoms with Gasteiger partial charge in [0.15, 0.2) is 0 Å². The SMILES string of the molecule is Cc1cc(C)cc(NC(=O)N/C=C/c2cccc(F)c2)c1. The first-order valence-electron chi connectivity index (χ1n) is 6.61. The molecule has 0 atom stereocenters. The van der Waals surface area contributed by atoms with Gasteiger partial charge in [0.05, 0.1) is 0 Å². The molecule has 4 heteroatoms. The molecule has 0 aliphatic rings. The van der Waals surface area contributed by atoms with Gasteiger partial charge in [0, 0.05) is 11.9 Å². The van der Waals surface area contributed by atoms with Crippen LogP contribution in [-0.2, 0) is 0 Å². The van der Waals surface area contributed by atoms with Crippen molar-refractivity contribution < 1.29 is 9.18 Å². The number of benzene rings is 2. The van der Waals surface area contributed by atoms with Crippen LogP contribution in [-0.4, -0.2) is 6.03 Å². The van der Waals surface area contributed by atoms with E-state index < -0.39 is 0 Å². The summed E-state index contributed by atoms with van der Waals surface area (Å²) in [5.74, 6) is -0.308. The summed E-state index contributed by atoms with van der Waals surface area (Å²) in [5.41, 5.74) is 3.59. The van der Waals surface area contributed by atoms with E-state index in [1.807, 2.05) is 32.0 Å². The Kier molecular flexibility index (Phi) is 4.72. The second-order valence-electron chi connectivity index (χ2n) is 4.86. The Hall–Kier alpha value is -2.62. The standard InChI is InChI=1S/C17H17FN2O/c1-12-8-13(2)10-16(9-12)20-17(21)19-7-6-14-4-3-5-15(18)11-14/h3-11H,1-2H3,(H2,19,20,21)/b7-6+. The van der Waals surface area contributed by atoms with E-state index >= 15 is 0 Å². The van der Waals surface area contributed by atoms with Crippen LogP contribution in [0, 0.1) is 19.7 Å². The number of hydrogen-bond acceptors (Lipinski definition) is 1. The fraction of sp³-hybridized carbons (Fsp3) is 0.118. The van der Waals surface area contributed by atoms with Crippen LogP contribution in [0.25, 0.3) is 6.08 Å². The lowest BCUT2D eigenvalue weighted by Gasteiger charge is -2.07. The summed E-state index contributed by atoms with van der Waals surface area (Å²) >= 11 is 0. The zero-order valence-corrected chi connectivity index (χ0v) is 12.0. The van der Waals surface area contributed by atoms with Crippen LogP contribution in [0.4, 0.5) is 14.9 Å². The second-order valence-corrected chi connectivity index (χ2v) is 4.86. The highest BCUT2D eigenvalue weighted by atomic mass is 19.1. The van der Waals surface area contributed by atoms with Crippen molar-refractivity contribution in [2.24, 2.45) is 0 Å². The van der Waals surface area contributed by atoms with Crippen LogP contribution in [0.5, 0.6) is 0 Å². The molecule has 0 bridgehead atoms. The van der Waals surface area contributed by atoms with Gasteiger partial charge in [0.1, 0.15) is 5.82 Å². The van der Waals surface area contributed by atoms with Gasteiger partial charge < -0.3 is 10.6 Å². The van der Waals surface area contributed by atoms with Crippen LogP contribution >= 0.6 is 0 Å². The number of nitrogens with one attached hydrogen (secondary N) is 2. The Bertz CT molecular complexity index is 660. The smallest absolute Gasteiger partial charge is 0.314 e. The fourth-order valence-electron chi connectivity index (χ4n) is 2.04. The van der Waals surface area contributed by atoms with Gasteiger partial charge in [-0.25, -0.2) is 9.18 Å². The number of urea groups is 1. The maximum Gasteiger partial charge on any atom is 0.323 e. The minimum Gasteiger partial charge on any atom is -0.314 e. The van der Waals surface area contributed by atoms with Crippen LogP contribution in [0.2, 0.25) is 0 Å². The van der Waals surface area contributed by atoms with E-state index in [0.717, 1.165) is 16.8 Å². The summed E-state index contributed by atoms with van der Waals surface area (Å²) in [5, 5.41) is 5.33.